The smallest absolute Gasteiger partial charge is 0.333 e. The number of aromatic nitrogens is 2. The summed E-state index contributed by atoms with van der Waals surface area (Å²) in [6, 6.07) is 0. The van der Waals surface area contributed by atoms with Crippen LogP contribution in [-0.2, 0) is 19.9 Å². The molecule has 1 atom stereocenters. The van der Waals surface area contributed by atoms with E-state index in [1.54, 1.807) is 33.2 Å². The van der Waals surface area contributed by atoms with E-state index in [1.165, 1.54) is 4.68 Å². The van der Waals surface area contributed by atoms with Gasteiger partial charge in [0.25, 0.3) is 0 Å². The molecule has 1 aromatic heterocycles. The average molecular weight is 331 g/mol. The molecule has 0 spiro atoms. The van der Waals surface area contributed by atoms with Gasteiger partial charge in [-0.3, -0.25) is 9.48 Å². The van der Waals surface area contributed by atoms with Crippen molar-refractivity contribution in [2.24, 2.45) is 5.92 Å². The Bertz CT molecular complexity index is 524. The number of ether oxygens (including phenoxy) is 1. The summed E-state index contributed by atoms with van der Waals surface area (Å²) in [4.78, 5) is 24.0. The number of carbonyl (C=O) groups excluding carboxylic acids is 2. The summed E-state index contributed by atoms with van der Waals surface area (Å²) in [6.07, 6.45) is 4.03. The third kappa shape index (κ3) is 3.98. The lowest BCUT2D eigenvalue weighted by Gasteiger charge is -2.22. The van der Waals surface area contributed by atoms with E-state index in [0.717, 1.165) is 13.0 Å². The highest BCUT2D eigenvalue weighted by molar-refractivity contribution is 5.92. The van der Waals surface area contributed by atoms with Crippen LogP contribution in [0.25, 0.3) is 0 Å². The van der Waals surface area contributed by atoms with E-state index >= 15 is 0 Å². The predicted molar refractivity (Wildman–Crippen MR) is 85.0 cm³/mol. The van der Waals surface area contributed by atoms with Crippen LogP contribution in [0.3, 0.4) is 0 Å². The van der Waals surface area contributed by atoms with E-state index in [2.05, 4.69) is 15.7 Å². The molecule has 1 fully saturated rings. The second-order valence-electron chi connectivity index (χ2n) is 5.63. The largest absolute Gasteiger partial charge is 0.464 e. The molecule has 1 unspecified atom stereocenters. The predicted octanol–water partition coefficient (Wildman–Crippen LogP) is 1.15. The van der Waals surface area contributed by atoms with Crippen molar-refractivity contribution in [2.45, 2.75) is 32.7 Å². The molecule has 22 heavy (non-hydrogen) atoms. The van der Waals surface area contributed by atoms with Gasteiger partial charge in [0, 0.05) is 12.7 Å². The number of esters is 1. The van der Waals surface area contributed by atoms with Crippen molar-refractivity contribution >= 4 is 30.0 Å². The molecule has 8 heteroatoms. The lowest BCUT2D eigenvalue weighted by atomic mass is 10.1. The van der Waals surface area contributed by atoms with Gasteiger partial charge < -0.3 is 15.4 Å². The van der Waals surface area contributed by atoms with Crippen molar-refractivity contribution in [2.75, 3.05) is 25.0 Å². The van der Waals surface area contributed by atoms with Gasteiger partial charge in [-0.1, -0.05) is 0 Å². The van der Waals surface area contributed by atoms with E-state index in [1.807, 2.05) is 0 Å². The summed E-state index contributed by atoms with van der Waals surface area (Å²) < 4.78 is 6.54. The highest BCUT2D eigenvalue weighted by Gasteiger charge is 2.32. The monoisotopic (exact) mass is 330 g/mol. The van der Waals surface area contributed by atoms with Crippen LogP contribution >= 0.6 is 12.4 Å². The van der Waals surface area contributed by atoms with Gasteiger partial charge >= 0.3 is 5.97 Å². The zero-order chi connectivity index (χ0) is 15.5. The van der Waals surface area contributed by atoms with Gasteiger partial charge in [-0.2, -0.15) is 5.10 Å². The van der Waals surface area contributed by atoms with Gasteiger partial charge in [0.1, 0.15) is 0 Å². The highest BCUT2D eigenvalue weighted by atomic mass is 35.5. The van der Waals surface area contributed by atoms with Crippen LogP contribution in [0.4, 0.5) is 5.69 Å². The Morgan fingerprint density at radius 2 is 2.27 bits per heavy atom. The van der Waals surface area contributed by atoms with Crippen molar-refractivity contribution in [1.82, 2.24) is 15.1 Å². The Morgan fingerprint density at radius 3 is 2.86 bits per heavy atom. The Balaban J connectivity index is 0.00000242. The molecule has 1 aliphatic heterocycles. The fourth-order valence-corrected chi connectivity index (χ4v) is 2.22. The lowest BCUT2D eigenvalue weighted by molar-refractivity contribution is -0.152. The van der Waals surface area contributed by atoms with Crippen molar-refractivity contribution in [1.29, 1.82) is 0 Å². The number of amides is 1. The molecule has 0 saturated carbocycles. The van der Waals surface area contributed by atoms with E-state index in [9.17, 15) is 9.59 Å². The SMILES string of the molecule is CCOC(=O)C(C)(C)n1cc(NC(=O)C2CCNC2)cn1.Cl. The summed E-state index contributed by atoms with van der Waals surface area (Å²) in [7, 11) is 0. The normalized spacial score (nSPS) is 17.7. The van der Waals surface area contributed by atoms with E-state index in [4.69, 9.17) is 4.74 Å². The Labute approximate surface area is 136 Å². The van der Waals surface area contributed by atoms with Crippen molar-refractivity contribution < 1.29 is 14.3 Å². The number of nitrogens with zero attached hydrogens (tertiary/aromatic N) is 2. The van der Waals surface area contributed by atoms with E-state index in [-0.39, 0.29) is 30.2 Å². The van der Waals surface area contributed by atoms with Crippen LogP contribution in [0.2, 0.25) is 0 Å². The molecular weight excluding hydrogens is 308 g/mol. The second-order valence-corrected chi connectivity index (χ2v) is 5.63. The second kappa shape index (κ2) is 7.60. The number of rotatable bonds is 5. The van der Waals surface area contributed by atoms with Crippen molar-refractivity contribution in [3.8, 4) is 0 Å². The van der Waals surface area contributed by atoms with Crippen molar-refractivity contribution in [3.63, 3.8) is 0 Å². The number of halogens is 1. The van der Waals surface area contributed by atoms with Gasteiger partial charge in [-0.05, 0) is 33.7 Å². The molecule has 0 bridgehead atoms. The van der Waals surface area contributed by atoms with Crippen LogP contribution in [0.1, 0.15) is 27.2 Å². The Morgan fingerprint density at radius 1 is 1.55 bits per heavy atom. The minimum absolute atomic E-state index is 0. The standard InChI is InChI=1S/C14H22N4O3.ClH/c1-4-21-13(20)14(2,3)18-9-11(8-16-18)17-12(19)10-5-6-15-7-10;/h8-10,15H,4-7H2,1-3H3,(H,17,19);1H. The first-order chi connectivity index (χ1) is 9.95. The molecule has 0 radical (unpaired) electrons. The number of hydrogen-bond acceptors (Lipinski definition) is 5. The molecule has 0 aromatic carbocycles. The molecule has 2 rings (SSSR count). The molecule has 1 aliphatic rings. The topological polar surface area (TPSA) is 85.2 Å². The summed E-state index contributed by atoms with van der Waals surface area (Å²) in [5.41, 5.74) is -0.322. The van der Waals surface area contributed by atoms with Gasteiger partial charge in [-0.25, -0.2) is 4.79 Å². The van der Waals surface area contributed by atoms with Gasteiger partial charge in [0.15, 0.2) is 5.54 Å². The zero-order valence-electron chi connectivity index (χ0n) is 13.1. The zero-order valence-corrected chi connectivity index (χ0v) is 13.9. The number of nitrogens with one attached hydrogen (secondary N) is 2. The third-order valence-corrected chi connectivity index (χ3v) is 3.63. The van der Waals surface area contributed by atoms with Gasteiger partial charge in [0.2, 0.25) is 5.91 Å². The summed E-state index contributed by atoms with van der Waals surface area (Å²) in [6.45, 7) is 7.11. The third-order valence-electron chi connectivity index (χ3n) is 3.63. The number of anilines is 1. The summed E-state index contributed by atoms with van der Waals surface area (Å²) in [5.74, 6) is -0.383. The molecule has 1 amide bonds. The maximum absolute atomic E-state index is 12.0. The van der Waals surface area contributed by atoms with Crippen LogP contribution in [0.15, 0.2) is 12.4 Å². The van der Waals surface area contributed by atoms with Gasteiger partial charge in [-0.15, -0.1) is 12.4 Å². The van der Waals surface area contributed by atoms with Crippen LogP contribution in [-0.4, -0.2) is 41.4 Å². The molecule has 124 valence electrons. The molecule has 2 N–H and O–H groups in total. The first kappa shape index (κ1) is 18.4. The minimum Gasteiger partial charge on any atom is -0.464 e. The van der Waals surface area contributed by atoms with Crippen molar-refractivity contribution in [3.05, 3.63) is 12.4 Å². The first-order valence-corrected chi connectivity index (χ1v) is 7.19. The lowest BCUT2D eigenvalue weighted by Crippen LogP contribution is -2.37. The fraction of sp³-hybridized carbons (Fsp3) is 0.643. The van der Waals surface area contributed by atoms with E-state index < -0.39 is 5.54 Å². The fourth-order valence-electron chi connectivity index (χ4n) is 2.22. The van der Waals surface area contributed by atoms with Crippen LogP contribution in [0, 0.1) is 5.92 Å². The molecule has 1 aromatic rings. The first-order valence-electron chi connectivity index (χ1n) is 7.19. The van der Waals surface area contributed by atoms with Gasteiger partial charge in [0.05, 0.1) is 24.4 Å². The number of carbonyl (C=O) groups is 2. The Kier molecular flexibility index (Phi) is 6.37. The van der Waals surface area contributed by atoms with Crippen LogP contribution < -0.4 is 10.6 Å². The molecular formula is C14H23ClN4O3. The number of hydrogen-bond donors (Lipinski definition) is 2. The van der Waals surface area contributed by atoms with Crippen LogP contribution in [0.5, 0.6) is 0 Å². The maximum atomic E-state index is 12.0. The summed E-state index contributed by atoms with van der Waals surface area (Å²) >= 11 is 0. The molecule has 0 aliphatic carbocycles. The summed E-state index contributed by atoms with van der Waals surface area (Å²) in [5, 5.41) is 10.1. The molecule has 2 heterocycles. The molecule has 1 saturated heterocycles. The highest BCUT2D eigenvalue weighted by Crippen LogP contribution is 2.20. The minimum atomic E-state index is -0.909. The maximum Gasteiger partial charge on any atom is 0.333 e. The Hall–Kier alpha value is -1.60. The van der Waals surface area contributed by atoms with E-state index in [0.29, 0.717) is 18.8 Å². The quantitative estimate of drug-likeness (QED) is 0.791. The molecule has 7 nitrogen and oxygen atoms in total. The average Bonchev–Trinajstić information content (AvgIpc) is 3.10.